The molecule has 1 heterocycles. The van der Waals surface area contributed by atoms with Crippen molar-refractivity contribution in [3.8, 4) is 0 Å². The summed E-state index contributed by atoms with van der Waals surface area (Å²) in [5, 5.41) is 31.9. The van der Waals surface area contributed by atoms with E-state index in [-0.39, 0.29) is 6.54 Å². The van der Waals surface area contributed by atoms with Crippen LogP contribution in [-0.2, 0) is 14.3 Å². The molecule has 1 saturated heterocycles. The number of amides is 1. The molecule has 8 heteroatoms. The number of methoxy groups -OCH3 is 1. The molecule has 0 bridgehead atoms. The van der Waals surface area contributed by atoms with Crippen LogP contribution in [0.4, 0.5) is 5.69 Å². The Bertz CT molecular complexity index is 592. The number of carbonyl (C=O) groups excluding carboxylic acids is 1. The summed E-state index contributed by atoms with van der Waals surface area (Å²) in [4.78, 5) is 11.8. The number of nitrogens with one attached hydrogen (secondary N) is 1. The zero-order valence-corrected chi connectivity index (χ0v) is 13.2. The van der Waals surface area contributed by atoms with Gasteiger partial charge in [0.25, 0.3) is 0 Å². The number of anilines is 1. The van der Waals surface area contributed by atoms with Crippen LogP contribution in [0.15, 0.2) is 30.3 Å². The van der Waals surface area contributed by atoms with E-state index in [9.17, 15) is 20.1 Å². The molecule has 0 radical (unpaired) electrons. The number of carbonyl (C=O) groups is 1. The lowest BCUT2D eigenvalue weighted by Crippen LogP contribution is -2.60. The van der Waals surface area contributed by atoms with Crippen molar-refractivity contribution in [2.75, 3.05) is 19.4 Å². The summed E-state index contributed by atoms with van der Waals surface area (Å²) >= 11 is 0. The Labute approximate surface area is 139 Å². The van der Waals surface area contributed by atoms with Crippen molar-refractivity contribution in [1.29, 1.82) is 0 Å². The third-order valence-corrected chi connectivity index (χ3v) is 3.72. The van der Waals surface area contributed by atoms with Crippen molar-refractivity contribution in [2.45, 2.75) is 30.7 Å². The zero-order chi connectivity index (χ0) is 17.7. The summed E-state index contributed by atoms with van der Waals surface area (Å²) in [5.74, 6) is -0.400. The van der Waals surface area contributed by atoms with Crippen molar-refractivity contribution in [3.63, 3.8) is 0 Å². The fourth-order valence-corrected chi connectivity index (χ4v) is 2.37. The average molecular weight is 338 g/mol. The summed E-state index contributed by atoms with van der Waals surface area (Å²) in [6.45, 7) is -0.0507. The van der Waals surface area contributed by atoms with Gasteiger partial charge >= 0.3 is 0 Å². The smallest absolute Gasteiger partial charge is 0.244 e. The first-order valence-electron chi connectivity index (χ1n) is 7.46. The van der Waals surface area contributed by atoms with Gasteiger partial charge in [0.1, 0.15) is 24.4 Å². The molecular formula is C16H22N2O6. The summed E-state index contributed by atoms with van der Waals surface area (Å²) in [7, 11) is 1.31. The minimum Gasteiger partial charge on any atom is -0.399 e. The molecule has 0 aromatic heterocycles. The highest BCUT2D eigenvalue weighted by Gasteiger charge is 2.43. The lowest BCUT2D eigenvalue weighted by molar-refractivity contribution is -0.288. The van der Waals surface area contributed by atoms with Gasteiger partial charge in [-0.3, -0.25) is 4.79 Å². The van der Waals surface area contributed by atoms with Gasteiger partial charge in [0.05, 0.1) is 0 Å². The third kappa shape index (κ3) is 4.53. The molecule has 8 nitrogen and oxygen atoms in total. The van der Waals surface area contributed by atoms with Gasteiger partial charge in [-0.05, 0) is 23.8 Å². The van der Waals surface area contributed by atoms with E-state index in [1.807, 2.05) is 0 Å². The molecule has 2 rings (SSSR count). The molecule has 132 valence electrons. The van der Waals surface area contributed by atoms with Gasteiger partial charge in [-0.1, -0.05) is 12.1 Å². The predicted octanol–water partition coefficient (Wildman–Crippen LogP) is -1.15. The first kappa shape index (κ1) is 18.4. The molecule has 1 aliphatic heterocycles. The molecule has 1 aliphatic rings. The zero-order valence-electron chi connectivity index (χ0n) is 13.2. The van der Waals surface area contributed by atoms with E-state index >= 15 is 0 Å². The Hall–Kier alpha value is -1.97. The van der Waals surface area contributed by atoms with E-state index < -0.39 is 36.6 Å². The monoisotopic (exact) mass is 338 g/mol. The van der Waals surface area contributed by atoms with Gasteiger partial charge < -0.3 is 35.8 Å². The molecule has 24 heavy (non-hydrogen) atoms. The minimum atomic E-state index is -1.42. The number of nitrogens with two attached hydrogens (primary N) is 1. The molecular weight excluding hydrogens is 316 g/mol. The quantitative estimate of drug-likeness (QED) is 0.338. The van der Waals surface area contributed by atoms with Crippen LogP contribution in [-0.4, -0.2) is 65.6 Å². The van der Waals surface area contributed by atoms with Crippen molar-refractivity contribution in [3.05, 3.63) is 35.9 Å². The molecule has 1 amide bonds. The van der Waals surface area contributed by atoms with Crippen LogP contribution >= 0.6 is 0 Å². The summed E-state index contributed by atoms with van der Waals surface area (Å²) in [5.41, 5.74) is 7.02. The molecule has 6 N–H and O–H groups in total. The van der Waals surface area contributed by atoms with Crippen LogP contribution in [0.3, 0.4) is 0 Å². The molecule has 0 unspecified atom stereocenters. The van der Waals surface area contributed by atoms with E-state index in [4.69, 9.17) is 15.2 Å². The highest BCUT2D eigenvalue weighted by atomic mass is 16.7. The molecule has 1 aromatic rings. The molecule has 5 atom stereocenters. The van der Waals surface area contributed by atoms with Crippen LogP contribution in [0.2, 0.25) is 0 Å². The lowest BCUT2D eigenvalue weighted by Gasteiger charge is -2.39. The molecule has 0 saturated carbocycles. The summed E-state index contributed by atoms with van der Waals surface area (Å²) in [6, 6.07) is 7.04. The maximum absolute atomic E-state index is 11.8. The molecule has 0 aliphatic carbocycles. The van der Waals surface area contributed by atoms with Gasteiger partial charge in [0.2, 0.25) is 5.91 Å². The van der Waals surface area contributed by atoms with Crippen LogP contribution in [0.25, 0.3) is 6.08 Å². The van der Waals surface area contributed by atoms with E-state index in [0.717, 1.165) is 5.56 Å². The van der Waals surface area contributed by atoms with Gasteiger partial charge in [-0.25, -0.2) is 0 Å². The predicted molar refractivity (Wildman–Crippen MR) is 86.6 cm³/mol. The minimum absolute atomic E-state index is 0.0507. The second-order valence-electron chi connectivity index (χ2n) is 5.50. The number of nitrogen functional groups attached to an aromatic ring is 1. The lowest BCUT2D eigenvalue weighted by atomic mass is 9.99. The second-order valence-corrected chi connectivity index (χ2v) is 5.50. The van der Waals surface area contributed by atoms with Crippen molar-refractivity contribution >= 4 is 17.7 Å². The SMILES string of the molecule is CO[C@H]1O[C@H](CNC(=O)C=Cc2cccc(N)c2)[C@@H](O)[C@H](O)[C@@H]1O. The van der Waals surface area contributed by atoms with Crippen LogP contribution in [0, 0.1) is 0 Å². The molecule has 1 fully saturated rings. The highest BCUT2D eigenvalue weighted by Crippen LogP contribution is 2.21. The normalized spacial score (nSPS) is 30.4. The van der Waals surface area contributed by atoms with Crippen molar-refractivity contribution < 1.29 is 29.6 Å². The van der Waals surface area contributed by atoms with Crippen LogP contribution in [0.5, 0.6) is 0 Å². The number of ether oxygens (including phenoxy) is 2. The Morgan fingerprint density at radius 3 is 2.75 bits per heavy atom. The van der Waals surface area contributed by atoms with E-state index in [1.54, 1.807) is 30.3 Å². The van der Waals surface area contributed by atoms with Gasteiger partial charge in [0, 0.05) is 25.4 Å². The summed E-state index contributed by atoms with van der Waals surface area (Å²) in [6.07, 6.45) is -3.19. The molecule has 1 aromatic carbocycles. The third-order valence-electron chi connectivity index (χ3n) is 3.72. The second kappa shape index (κ2) is 8.22. The van der Waals surface area contributed by atoms with E-state index in [1.165, 1.54) is 13.2 Å². The number of aliphatic hydroxyl groups is 3. The van der Waals surface area contributed by atoms with Crippen LogP contribution in [0.1, 0.15) is 5.56 Å². The largest absolute Gasteiger partial charge is 0.399 e. The average Bonchev–Trinajstić information content (AvgIpc) is 2.57. The topological polar surface area (TPSA) is 134 Å². The fourth-order valence-electron chi connectivity index (χ4n) is 2.37. The Morgan fingerprint density at radius 2 is 2.08 bits per heavy atom. The number of hydrogen-bond acceptors (Lipinski definition) is 7. The first-order valence-corrected chi connectivity index (χ1v) is 7.46. The Morgan fingerprint density at radius 1 is 1.33 bits per heavy atom. The van der Waals surface area contributed by atoms with Gasteiger partial charge in [-0.15, -0.1) is 0 Å². The standard InChI is InChI=1S/C16H22N2O6/c1-23-16-15(22)14(21)13(20)11(24-16)8-18-12(19)6-5-9-3-2-4-10(17)7-9/h2-7,11,13-16,20-22H,8,17H2,1H3,(H,18,19)/t11-,13-,14+,15+,16+/m1/s1. The Balaban J connectivity index is 1.88. The van der Waals surface area contributed by atoms with Gasteiger partial charge in [0.15, 0.2) is 6.29 Å². The van der Waals surface area contributed by atoms with Crippen molar-refractivity contribution in [2.24, 2.45) is 0 Å². The number of aliphatic hydroxyl groups excluding tert-OH is 3. The Kier molecular flexibility index (Phi) is 6.29. The van der Waals surface area contributed by atoms with Crippen LogP contribution < -0.4 is 11.1 Å². The number of hydrogen-bond donors (Lipinski definition) is 5. The number of benzene rings is 1. The maximum atomic E-state index is 11.8. The number of rotatable bonds is 5. The first-order chi connectivity index (χ1) is 11.4. The highest BCUT2D eigenvalue weighted by molar-refractivity contribution is 5.91. The van der Waals surface area contributed by atoms with E-state index in [0.29, 0.717) is 5.69 Å². The van der Waals surface area contributed by atoms with Crippen molar-refractivity contribution in [1.82, 2.24) is 5.32 Å². The fraction of sp³-hybridized carbons (Fsp3) is 0.438. The maximum Gasteiger partial charge on any atom is 0.244 e. The van der Waals surface area contributed by atoms with Gasteiger partial charge in [-0.2, -0.15) is 0 Å². The molecule has 0 spiro atoms. The summed E-state index contributed by atoms with van der Waals surface area (Å²) < 4.78 is 10.2. The van der Waals surface area contributed by atoms with E-state index in [2.05, 4.69) is 5.32 Å².